The van der Waals surface area contributed by atoms with Crippen molar-refractivity contribution in [3.05, 3.63) is 47.2 Å². The van der Waals surface area contributed by atoms with Gasteiger partial charge in [-0.25, -0.2) is 4.98 Å². The van der Waals surface area contributed by atoms with Crippen LogP contribution in [0.5, 0.6) is 11.5 Å². The Morgan fingerprint density at radius 3 is 2.21 bits per heavy atom. The van der Waals surface area contributed by atoms with Crippen LogP contribution in [0.15, 0.2) is 36.4 Å². The molecule has 0 aliphatic heterocycles. The summed E-state index contributed by atoms with van der Waals surface area (Å²) in [4.78, 5) is 10.7. The average molecular weight is 344 g/mol. The normalized spacial score (nSPS) is 10.7. The van der Waals surface area contributed by atoms with Crippen molar-refractivity contribution in [2.75, 3.05) is 26.2 Å². The van der Waals surface area contributed by atoms with Gasteiger partial charge >= 0.3 is 0 Å². The Morgan fingerprint density at radius 2 is 1.58 bits per heavy atom. The number of fused-ring (bicyclic) bond motifs is 1. The van der Waals surface area contributed by atoms with E-state index in [1.54, 1.807) is 20.3 Å². The molecule has 6 heteroatoms. The van der Waals surface area contributed by atoms with Crippen molar-refractivity contribution in [2.24, 2.45) is 0 Å². The van der Waals surface area contributed by atoms with Crippen molar-refractivity contribution < 1.29 is 9.47 Å². The van der Waals surface area contributed by atoms with E-state index in [0.29, 0.717) is 22.8 Å². The number of anilines is 2. The fourth-order valence-corrected chi connectivity index (χ4v) is 2.73. The van der Waals surface area contributed by atoms with Gasteiger partial charge < -0.3 is 14.4 Å². The molecule has 0 radical (unpaired) electrons. The quantitative estimate of drug-likeness (QED) is 0.658. The number of halogens is 1. The van der Waals surface area contributed by atoms with Gasteiger partial charge in [0.1, 0.15) is 5.82 Å². The van der Waals surface area contributed by atoms with E-state index in [9.17, 15) is 0 Å². The lowest BCUT2D eigenvalue weighted by atomic mass is 10.1. The molecular formula is C18H18ClN3O2. The van der Waals surface area contributed by atoms with E-state index in [4.69, 9.17) is 21.1 Å². The number of hydrogen-bond acceptors (Lipinski definition) is 5. The maximum Gasteiger partial charge on any atom is 0.224 e. The highest BCUT2D eigenvalue weighted by molar-refractivity contribution is 6.28. The zero-order valence-electron chi connectivity index (χ0n) is 14.0. The highest BCUT2D eigenvalue weighted by Gasteiger charge is 2.16. The summed E-state index contributed by atoms with van der Waals surface area (Å²) in [6.07, 6.45) is 0. The zero-order chi connectivity index (χ0) is 17.3. The van der Waals surface area contributed by atoms with Gasteiger partial charge in [0.15, 0.2) is 11.5 Å². The number of ether oxygens (including phenoxy) is 2. The van der Waals surface area contributed by atoms with Crippen LogP contribution in [0.1, 0.15) is 5.56 Å². The Kier molecular flexibility index (Phi) is 4.44. The summed E-state index contributed by atoms with van der Waals surface area (Å²) >= 11 is 6.13. The van der Waals surface area contributed by atoms with Gasteiger partial charge in [-0.2, -0.15) is 4.98 Å². The third-order valence-electron chi connectivity index (χ3n) is 3.89. The predicted octanol–water partition coefficient (Wildman–Crippen LogP) is 4.38. The molecule has 0 N–H and O–H groups in total. The molecule has 0 fully saturated rings. The van der Waals surface area contributed by atoms with Crippen LogP contribution in [-0.4, -0.2) is 31.2 Å². The van der Waals surface area contributed by atoms with Crippen molar-refractivity contribution >= 4 is 34.0 Å². The maximum atomic E-state index is 6.13. The summed E-state index contributed by atoms with van der Waals surface area (Å²) in [6, 6.07) is 11.9. The number of aryl methyl sites for hydroxylation is 1. The summed E-state index contributed by atoms with van der Waals surface area (Å²) in [5, 5.41) is 1.02. The lowest BCUT2D eigenvalue weighted by molar-refractivity contribution is 0.356. The minimum absolute atomic E-state index is 0.184. The Bertz CT molecular complexity index is 882. The molecule has 3 aromatic rings. The number of methoxy groups -OCH3 is 2. The standard InChI is InChI=1S/C18H18ClN3O2/c1-11-5-7-12(8-6-11)22(2)17-13-9-15(23-3)16(24-4)10-14(13)20-18(19)21-17/h5-10H,1-4H3. The second-order valence-electron chi connectivity index (χ2n) is 5.44. The summed E-state index contributed by atoms with van der Waals surface area (Å²) in [6.45, 7) is 2.05. The number of rotatable bonds is 4. The van der Waals surface area contributed by atoms with Crippen molar-refractivity contribution in [3.8, 4) is 11.5 Å². The lowest BCUT2D eigenvalue weighted by Crippen LogP contribution is -2.12. The summed E-state index contributed by atoms with van der Waals surface area (Å²) in [5.74, 6) is 1.92. The summed E-state index contributed by atoms with van der Waals surface area (Å²) < 4.78 is 10.7. The average Bonchev–Trinajstić information content (AvgIpc) is 2.59. The van der Waals surface area contributed by atoms with Crippen LogP contribution >= 0.6 is 11.6 Å². The highest BCUT2D eigenvalue weighted by atomic mass is 35.5. The molecule has 3 rings (SSSR count). The second kappa shape index (κ2) is 6.53. The van der Waals surface area contributed by atoms with E-state index in [-0.39, 0.29) is 5.28 Å². The molecule has 0 unspecified atom stereocenters. The first-order chi connectivity index (χ1) is 11.5. The van der Waals surface area contributed by atoms with E-state index >= 15 is 0 Å². The zero-order valence-corrected chi connectivity index (χ0v) is 14.8. The van der Waals surface area contributed by atoms with Crippen LogP contribution in [-0.2, 0) is 0 Å². The molecule has 124 valence electrons. The molecular weight excluding hydrogens is 326 g/mol. The van der Waals surface area contributed by atoms with Crippen molar-refractivity contribution in [2.45, 2.75) is 6.92 Å². The fourth-order valence-electron chi connectivity index (χ4n) is 2.56. The molecule has 2 aromatic carbocycles. The molecule has 0 bridgehead atoms. The Hall–Kier alpha value is -2.53. The molecule has 0 spiro atoms. The van der Waals surface area contributed by atoms with Gasteiger partial charge in [-0.3, -0.25) is 0 Å². The molecule has 1 heterocycles. The minimum atomic E-state index is 0.184. The molecule has 0 atom stereocenters. The number of benzene rings is 2. The predicted molar refractivity (Wildman–Crippen MR) is 96.9 cm³/mol. The number of nitrogens with zero attached hydrogens (tertiary/aromatic N) is 3. The van der Waals surface area contributed by atoms with E-state index in [1.165, 1.54) is 5.56 Å². The first kappa shape index (κ1) is 16.3. The van der Waals surface area contributed by atoms with Gasteiger partial charge in [0.25, 0.3) is 0 Å². The van der Waals surface area contributed by atoms with Crippen molar-refractivity contribution in [1.29, 1.82) is 0 Å². The molecule has 5 nitrogen and oxygen atoms in total. The molecule has 1 aromatic heterocycles. The van der Waals surface area contributed by atoms with Crippen LogP contribution < -0.4 is 14.4 Å². The van der Waals surface area contributed by atoms with Gasteiger partial charge in [-0.05, 0) is 36.7 Å². The smallest absolute Gasteiger partial charge is 0.224 e. The van der Waals surface area contributed by atoms with E-state index in [2.05, 4.69) is 29.0 Å². The number of aromatic nitrogens is 2. The Labute approximate surface area is 145 Å². The van der Waals surface area contributed by atoms with Crippen LogP contribution in [0.3, 0.4) is 0 Å². The first-order valence-corrected chi connectivity index (χ1v) is 7.81. The van der Waals surface area contributed by atoms with Gasteiger partial charge in [0, 0.05) is 24.2 Å². The third kappa shape index (κ3) is 2.95. The molecule has 0 aliphatic carbocycles. The second-order valence-corrected chi connectivity index (χ2v) is 5.77. The molecule has 0 amide bonds. The van der Waals surface area contributed by atoms with Crippen LogP contribution in [0.4, 0.5) is 11.5 Å². The largest absolute Gasteiger partial charge is 0.493 e. The SMILES string of the molecule is COc1cc2nc(Cl)nc(N(C)c3ccc(C)cc3)c2cc1OC. The Balaban J connectivity index is 2.20. The van der Waals surface area contributed by atoms with Gasteiger partial charge in [-0.1, -0.05) is 17.7 Å². The topological polar surface area (TPSA) is 47.5 Å². The third-order valence-corrected chi connectivity index (χ3v) is 4.06. The van der Waals surface area contributed by atoms with Gasteiger partial charge in [0.05, 0.1) is 19.7 Å². The fraction of sp³-hybridized carbons (Fsp3) is 0.222. The monoisotopic (exact) mass is 343 g/mol. The molecule has 0 saturated carbocycles. The van der Waals surface area contributed by atoms with Gasteiger partial charge in [-0.15, -0.1) is 0 Å². The van der Waals surface area contributed by atoms with Crippen LogP contribution in [0.2, 0.25) is 5.28 Å². The van der Waals surface area contributed by atoms with Crippen LogP contribution in [0.25, 0.3) is 10.9 Å². The molecule has 24 heavy (non-hydrogen) atoms. The Morgan fingerprint density at radius 1 is 0.958 bits per heavy atom. The van der Waals surface area contributed by atoms with E-state index in [0.717, 1.165) is 11.1 Å². The van der Waals surface area contributed by atoms with E-state index in [1.807, 2.05) is 30.1 Å². The molecule has 0 saturated heterocycles. The minimum Gasteiger partial charge on any atom is -0.493 e. The summed E-state index contributed by atoms with van der Waals surface area (Å²) in [5.41, 5.74) is 2.90. The first-order valence-electron chi connectivity index (χ1n) is 7.43. The van der Waals surface area contributed by atoms with Crippen molar-refractivity contribution in [1.82, 2.24) is 9.97 Å². The lowest BCUT2D eigenvalue weighted by Gasteiger charge is -2.21. The summed E-state index contributed by atoms with van der Waals surface area (Å²) in [7, 11) is 5.13. The highest BCUT2D eigenvalue weighted by Crippen LogP contribution is 2.37. The van der Waals surface area contributed by atoms with E-state index < -0.39 is 0 Å². The van der Waals surface area contributed by atoms with Crippen LogP contribution in [0, 0.1) is 6.92 Å². The number of hydrogen-bond donors (Lipinski definition) is 0. The van der Waals surface area contributed by atoms with Gasteiger partial charge in [0.2, 0.25) is 5.28 Å². The van der Waals surface area contributed by atoms with Crippen molar-refractivity contribution in [3.63, 3.8) is 0 Å². The molecule has 0 aliphatic rings. The maximum absolute atomic E-state index is 6.13.